The Bertz CT molecular complexity index is 317. The Labute approximate surface area is 104 Å². The highest BCUT2D eigenvalue weighted by Crippen LogP contribution is 2.08. The van der Waals surface area contributed by atoms with Crippen molar-refractivity contribution < 1.29 is 4.74 Å². The van der Waals surface area contributed by atoms with Crippen LogP contribution in [0.4, 0.5) is 5.82 Å². The molecule has 0 fully saturated rings. The maximum Gasteiger partial charge on any atom is 0.126 e. The Kier molecular flexibility index (Phi) is 6.58. The number of anilines is 1. The van der Waals surface area contributed by atoms with Crippen LogP contribution in [0, 0.1) is 0 Å². The van der Waals surface area contributed by atoms with E-state index in [1.165, 1.54) is 5.56 Å². The Hall–Kier alpha value is -1.13. The topological polar surface area (TPSA) is 37.4 Å². The van der Waals surface area contributed by atoms with E-state index in [2.05, 4.69) is 41.3 Å². The summed E-state index contributed by atoms with van der Waals surface area (Å²) in [6, 6.07) is 4.15. The van der Waals surface area contributed by atoms with Gasteiger partial charge in [0.25, 0.3) is 0 Å². The Balaban J connectivity index is 2.41. The minimum atomic E-state index is 0.785. The summed E-state index contributed by atoms with van der Waals surface area (Å²) in [7, 11) is 2.10. The fourth-order valence-electron chi connectivity index (χ4n) is 1.61. The van der Waals surface area contributed by atoms with Gasteiger partial charge in [0, 0.05) is 32.4 Å². The third kappa shape index (κ3) is 5.65. The number of pyridine rings is 1. The van der Waals surface area contributed by atoms with Crippen LogP contribution in [-0.4, -0.2) is 43.2 Å². The van der Waals surface area contributed by atoms with Crippen molar-refractivity contribution in [2.24, 2.45) is 0 Å². The molecule has 4 nitrogen and oxygen atoms in total. The third-order valence-corrected chi connectivity index (χ3v) is 2.46. The Morgan fingerprint density at radius 2 is 2.24 bits per heavy atom. The fourth-order valence-corrected chi connectivity index (χ4v) is 1.61. The lowest BCUT2D eigenvalue weighted by atomic mass is 10.2. The zero-order valence-corrected chi connectivity index (χ0v) is 11.1. The first-order valence-corrected chi connectivity index (χ1v) is 6.21. The second-order valence-corrected chi connectivity index (χ2v) is 4.01. The minimum Gasteiger partial charge on any atom is -0.380 e. The summed E-state index contributed by atoms with van der Waals surface area (Å²) < 4.78 is 5.34. The third-order valence-electron chi connectivity index (χ3n) is 2.46. The van der Waals surface area contributed by atoms with Crippen molar-refractivity contribution in [2.75, 3.05) is 38.7 Å². The van der Waals surface area contributed by atoms with Gasteiger partial charge in [0.2, 0.25) is 0 Å². The Morgan fingerprint density at radius 3 is 2.94 bits per heavy atom. The summed E-state index contributed by atoms with van der Waals surface area (Å²) >= 11 is 0. The van der Waals surface area contributed by atoms with Crippen LogP contribution >= 0.6 is 0 Å². The van der Waals surface area contributed by atoms with Gasteiger partial charge in [0.1, 0.15) is 5.82 Å². The van der Waals surface area contributed by atoms with Crippen LogP contribution in [0.1, 0.15) is 19.4 Å². The van der Waals surface area contributed by atoms with E-state index in [4.69, 9.17) is 4.74 Å². The molecule has 0 aliphatic rings. The molecule has 1 rings (SSSR count). The van der Waals surface area contributed by atoms with Gasteiger partial charge in [-0.05, 0) is 38.6 Å². The smallest absolute Gasteiger partial charge is 0.126 e. The summed E-state index contributed by atoms with van der Waals surface area (Å²) in [4.78, 5) is 6.51. The molecule has 96 valence electrons. The molecule has 0 unspecified atom stereocenters. The molecule has 0 radical (unpaired) electrons. The van der Waals surface area contributed by atoms with Gasteiger partial charge in [-0.2, -0.15) is 0 Å². The molecule has 0 aliphatic carbocycles. The second-order valence-electron chi connectivity index (χ2n) is 4.01. The standard InChI is InChI=1S/C13H23N3O/c1-4-14-13-10-12(6-7-15-13)11-16(3)8-9-17-5-2/h6-7,10H,4-5,8-9,11H2,1-3H3,(H,14,15). The van der Waals surface area contributed by atoms with Gasteiger partial charge in [-0.15, -0.1) is 0 Å². The van der Waals surface area contributed by atoms with Crippen molar-refractivity contribution in [3.05, 3.63) is 23.9 Å². The normalized spacial score (nSPS) is 10.8. The van der Waals surface area contributed by atoms with Gasteiger partial charge < -0.3 is 10.1 Å². The second kappa shape index (κ2) is 8.03. The molecule has 0 saturated carbocycles. The summed E-state index contributed by atoms with van der Waals surface area (Å²) in [6.07, 6.45) is 1.85. The highest BCUT2D eigenvalue weighted by Gasteiger charge is 2.01. The van der Waals surface area contributed by atoms with Crippen LogP contribution in [0.15, 0.2) is 18.3 Å². The number of ether oxygens (including phenoxy) is 1. The van der Waals surface area contributed by atoms with Crippen LogP contribution < -0.4 is 5.32 Å². The molecular weight excluding hydrogens is 214 g/mol. The average molecular weight is 237 g/mol. The highest BCUT2D eigenvalue weighted by atomic mass is 16.5. The summed E-state index contributed by atoms with van der Waals surface area (Å²) in [5, 5.41) is 3.22. The first-order chi connectivity index (χ1) is 8.26. The van der Waals surface area contributed by atoms with E-state index in [-0.39, 0.29) is 0 Å². The van der Waals surface area contributed by atoms with Crippen molar-refractivity contribution in [2.45, 2.75) is 20.4 Å². The van der Waals surface area contributed by atoms with Gasteiger partial charge in [-0.3, -0.25) is 4.90 Å². The summed E-state index contributed by atoms with van der Waals surface area (Å²) in [5.41, 5.74) is 1.27. The molecule has 0 atom stereocenters. The molecule has 1 N–H and O–H groups in total. The number of nitrogens with zero attached hydrogens (tertiary/aromatic N) is 2. The van der Waals surface area contributed by atoms with E-state index in [1.807, 2.05) is 13.1 Å². The average Bonchev–Trinajstić information content (AvgIpc) is 2.30. The lowest BCUT2D eigenvalue weighted by Crippen LogP contribution is -2.22. The molecule has 0 bridgehead atoms. The van der Waals surface area contributed by atoms with Gasteiger partial charge in [-0.25, -0.2) is 4.98 Å². The SMILES string of the molecule is CCNc1cc(CN(C)CCOCC)ccn1. The number of rotatable bonds is 8. The Morgan fingerprint density at radius 1 is 1.41 bits per heavy atom. The molecule has 1 aromatic rings. The van der Waals surface area contributed by atoms with Crippen molar-refractivity contribution in [1.29, 1.82) is 0 Å². The molecule has 4 heteroatoms. The predicted molar refractivity (Wildman–Crippen MR) is 71.2 cm³/mol. The van der Waals surface area contributed by atoms with Crippen LogP contribution in [-0.2, 0) is 11.3 Å². The lowest BCUT2D eigenvalue weighted by Gasteiger charge is -2.16. The molecule has 0 saturated heterocycles. The lowest BCUT2D eigenvalue weighted by molar-refractivity contribution is 0.120. The first kappa shape index (κ1) is 13.9. The molecular formula is C13H23N3O. The van der Waals surface area contributed by atoms with Gasteiger partial charge in [0.05, 0.1) is 6.61 Å². The van der Waals surface area contributed by atoms with Crippen LogP contribution in [0.2, 0.25) is 0 Å². The molecule has 0 aliphatic heterocycles. The maximum absolute atomic E-state index is 5.34. The summed E-state index contributed by atoms with van der Waals surface area (Å²) in [6.45, 7) is 8.44. The van der Waals surface area contributed by atoms with E-state index in [1.54, 1.807) is 0 Å². The van der Waals surface area contributed by atoms with Crippen LogP contribution in [0.3, 0.4) is 0 Å². The van der Waals surface area contributed by atoms with E-state index in [9.17, 15) is 0 Å². The van der Waals surface area contributed by atoms with Gasteiger partial charge in [0.15, 0.2) is 0 Å². The van der Waals surface area contributed by atoms with Crippen molar-refractivity contribution in [1.82, 2.24) is 9.88 Å². The van der Waals surface area contributed by atoms with Gasteiger partial charge in [-0.1, -0.05) is 0 Å². The van der Waals surface area contributed by atoms with Gasteiger partial charge >= 0.3 is 0 Å². The number of likely N-dealkylation sites (N-methyl/N-ethyl adjacent to an activating group) is 1. The van der Waals surface area contributed by atoms with E-state index < -0.39 is 0 Å². The number of nitrogens with one attached hydrogen (secondary N) is 1. The van der Waals surface area contributed by atoms with E-state index >= 15 is 0 Å². The minimum absolute atomic E-state index is 0.785. The highest BCUT2D eigenvalue weighted by molar-refractivity contribution is 5.37. The first-order valence-electron chi connectivity index (χ1n) is 6.21. The molecule has 1 aromatic heterocycles. The number of hydrogen-bond acceptors (Lipinski definition) is 4. The fraction of sp³-hybridized carbons (Fsp3) is 0.615. The van der Waals surface area contributed by atoms with E-state index in [0.29, 0.717) is 0 Å². The van der Waals surface area contributed by atoms with Crippen LogP contribution in [0.5, 0.6) is 0 Å². The van der Waals surface area contributed by atoms with Crippen LogP contribution in [0.25, 0.3) is 0 Å². The van der Waals surface area contributed by atoms with Crippen molar-refractivity contribution in [3.63, 3.8) is 0 Å². The summed E-state index contributed by atoms with van der Waals surface area (Å²) in [5.74, 6) is 0.947. The molecule has 0 aromatic carbocycles. The zero-order valence-electron chi connectivity index (χ0n) is 11.1. The predicted octanol–water partition coefficient (Wildman–Crippen LogP) is 1.98. The molecule has 0 amide bonds. The molecule has 0 spiro atoms. The van der Waals surface area contributed by atoms with Crippen molar-refractivity contribution >= 4 is 5.82 Å². The van der Waals surface area contributed by atoms with E-state index in [0.717, 1.165) is 38.7 Å². The maximum atomic E-state index is 5.34. The van der Waals surface area contributed by atoms with Crippen molar-refractivity contribution in [3.8, 4) is 0 Å². The molecule has 17 heavy (non-hydrogen) atoms. The monoisotopic (exact) mass is 237 g/mol. The number of hydrogen-bond donors (Lipinski definition) is 1. The quantitative estimate of drug-likeness (QED) is 0.702. The molecule has 1 heterocycles. The number of aromatic nitrogens is 1. The largest absolute Gasteiger partial charge is 0.380 e. The zero-order chi connectivity index (χ0) is 12.5.